The topological polar surface area (TPSA) is 84.6 Å². The van der Waals surface area contributed by atoms with Gasteiger partial charge in [0.1, 0.15) is 11.9 Å². The molecule has 0 spiro atoms. The first-order valence-electron chi connectivity index (χ1n) is 7.78. The first-order chi connectivity index (χ1) is 10.3. The van der Waals surface area contributed by atoms with E-state index in [4.69, 9.17) is 10.5 Å². The predicted molar refractivity (Wildman–Crippen MR) is 87.4 cm³/mol. The molecule has 0 bridgehead atoms. The fraction of sp³-hybridized carbons (Fsp3) is 0.688. The number of hydrogen-bond acceptors (Lipinski definition) is 5. The highest BCUT2D eigenvalue weighted by molar-refractivity contribution is 7.80. The standard InChI is InChI=1S/C16H24N2O3S/c1-10-16(13(20)15(17)7-4-3-5-8-15)14(2,21-10)11(6-9-22)12(19)18-16/h4,7,11,13,20,22H,1,3,5-6,8-9,17H2,2H3,(H,18,19)/t11-,13-,14-,15-,16+/m0/s1. The molecule has 2 fully saturated rings. The summed E-state index contributed by atoms with van der Waals surface area (Å²) in [6.45, 7) is 5.75. The molecular formula is C16H24N2O3S. The van der Waals surface area contributed by atoms with Gasteiger partial charge in [0.2, 0.25) is 5.91 Å². The first kappa shape index (κ1) is 15.9. The van der Waals surface area contributed by atoms with Crippen LogP contribution in [-0.2, 0) is 9.53 Å². The Bertz CT molecular complexity index is 552. The normalized spacial score (nSPS) is 44.8. The van der Waals surface area contributed by atoms with Gasteiger partial charge in [-0.15, -0.1) is 0 Å². The zero-order valence-corrected chi connectivity index (χ0v) is 13.7. The minimum absolute atomic E-state index is 0.127. The zero-order chi connectivity index (χ0) is 16.2. The molecule has 4 N–H and O–H groups in total. The Morgan fingerprint density at radius 3 is 2.95 bits per heavy atom. The number of hydrogen-bond donors (Lipinski definition) is 4. The van der Waals surface area contributed by atoms with E-state index < -0.39 is 22.8 Å². The molecule has 5 atom stereocenters. The lowest BCUT2D eigenvalue weighted by Crippen LogP contribution is -2.79. The zero-order valence-electron chi connectivity index (χ0n) is 12.8. The van der Waals surface area contributed by atoms with Crippen LogP contribution in [-0.4, -0.2) is 39.5 Å². The fourth-order valence-corrected chi connectivity index (χ4v) is 4.55. The van der Waals surface area contributed by atoms with Crippen molar-refractivity contribution >= 4 is 18.5 Å². The Morgan fingerprint density at radius 1 is 1.68 bits per heavy atom. The molecule has 1 aliphatic carbocycles. The van der Waals surface area contributed by atoms with E-state index in [9.17, 15) is 9.90 Å². The van der Waals surface area contributed by atoms with Crippen LogP contribution in [0.2, 0.25) is 0 Å². The first-order valence-corrected chi connectivity index (χ1v) is 8.41. The molecule has 2 saturated heterocycles. The van der Waals surface area contributed by atoms with Gasteiger partial charge in [-0.05, 0) is 38.4 Å². The van der Waals surface area contributed by atoms with Crippen molar-refractivity contribution < 1.29 is 14.6 Å². The lowest BCUT2D eigenvalue weighted by atomic mass is 9.61. The number of nitrogens with two attached hydrogens (primary N) is 1. The van der Waals surface area contributed by atoms with Gasteiger partial charge in [0.05, 0.1) is 11.5 Å². The summed E-state index contributed by atoms with van der Waals surface area (Å²) < 4.78 is 5.80. The van der Waals surface area contributed by atoms with E-state index in [0.717, 1.165) is 12.8 Å². The Hall–Kier alpha value is -0.980. The van der Waals surface area contributed by atoms with Crippen LogP contribution in [0.15, 0.2) is 24.5 Å². The molecule has 0 aromatic heterocycles. The van der Waals surface area contributed by atoms with Gasteiger partial charge in [0.25, 0.3) is 0 Å². The molecule has 22 heavy (non-hydrogen) atoms. The van der Waals surface area contributed by atoms with E-state index in [1.165, 1.54) is 0 Å². The number of carbonyl (C=O) groups is 1. The van der Waals surface area contributed by atoms with Crippen molar-refractivity contribution in [3.63, 3.8) is 0 Å². The van der Waals surface area contributed by atoms with Gasteiger partial charge in [-0.3, -0.25) is 4.79 Å². The van der Waals surface area contributed by atoms with Gasteiger partial charge in [-0.25, -0.2) is 0 Å². The van der Waals surface area contributed by atoms with Crippen molar-refractivity contribution in [3.8, 4) is 0 Å². The number of fused-ring (bicyclic) bond motifs is 1. The fourth-order valence-electron chi connectivity index (χ4n) is 4.29. The molecule has 0 unspecified atom stereocenters. The van der Waals surface area contributed by atoms with Crippen LogP contribution in [0.3, 0.4) is 0 Å². The van der Waals surface area contributed by atoms with Crippen LogP contribution >= 0.6 is 12.6 Å². The number of thiol groups is 1. The molecule has 0 aromatic carbocycles. The highest BCUT2D eigenvalue weighted by atomic mass is 32.1. The van der Waals surface area contributed by atoms with Gasteiger partial charge in [-0.2, -0.15) is 12.6 Å². The number of aliphatic hydroxyl groups is 1. The second-order valence-corrected chi connectivity index (χ2v) is 7.25. The molecule has 122 valence electrons. The molecule has 0 radical (unpaired) electrons. The van der Waals surface area contributed by atoms with Crippen molar-refractivity contribution in [2.75, 3.05) is 5.75 Å². The van der Waals surface area contributed by atoms with Crippen LogP contribution in [0.4, 0.5) is 0 Å². The predicted octanol–water partition coefficient (Wildman–Crippen LogP) is 0.892. The average molecular weight is 324 g/mol. The molecule has 1 amide bonds. The van der Waals surface area contributed by atoms with Crippen LogP contribution in [0.25, 0.3) is 0 Å². The molecule has 0 saturated carbocycles. The maximum absolute atomic E-state index is 12.4. The lowest BCUT2D eigenvalue weighted by molar-refractivity contribution is -0.204. The monoisotopic (exact) mass is 324 g/mol. The van der Waals surface area contributed by atoms with Gasteiger partial charge in [0, 0.05) is 0 Å². The van der Waals surface area contributed by atoms with E-state index in [0.29, 0.717) is 24.4 Å². The molecule has 2 heterocycles. The summed E-state index contributed by atoms with van der Waals surface area (Å²) in [7, 11) is 0. The quantitative estimate of drug-likeness (QED) is 0.457. The largest absolute Gasteiger partial charge is 0.486 e. The van der Waals surface area contributed by atoms with Crippen LogP contribution in [0.1, 0.15) is 32.6 Å². The molecule has 2 aliphatic heterocycles. The molecule has 0 aromatic rings. The van der Waals surface area contributed by atoms with E-state index in [2.05, 4.69) is 24.5 Å². The van der Waals surface area contributed by atoms with E-state index in [-0.39, 0.29) is 11.8 Å². The number of amides is 1. The number of ether oxygens (including phenoxy) is 1. The summed E-state index contributed by atoms with van der Waals surface area (Å²) in [4.78, 5) is 12.4. The van der Waals surface area contributed by atoms with Crippen LogP contribution in [0, 0.1) is 5.92 Å². The average Bonchev–Trinajstić information content (AvgIpc) is 2.65. The highest BCUT2D eigenvalue weighted by Gasteiger charge is 2.77. The summed E-state index contributed by atoms with van der Waals surface area (Å²) in [5.74, 6) is 0.476. The smallest absolute Gasteiger partial charge is 0.228 e. The second kappa shape index (κ2) is 5.01. The van der Waals surface area contributed by atoms with E-state index in [1.54, 1.807) is 0 Å². The maximum Gasteiger partial charge on any atom is 0.228 e. The van der Waals surface area contributed by atoms with Crippen molar-refractivity contribution in [2.24, 2.45) is 11.7 Å². The molecule has 5 nitrogen and oxygen atoms in total. The Labute approximate surface area is 136 Å². The van der Waals surface area contributed by atoms with Gasteiger partial charge < -0.3 is 20.9 Å². The Morgan fingerprint density at radius 2 is 2.41 bits per heavy atom. The second-order valence-electron chi connectivity index (χ2n) is 6.80. The highest BCUT2D eigenvalue weighted by Crippen LogP contribution is 2.58. The number of nitrogens with one attached hydrogen (secondary N) is 1. The van der Waals surface area contributed by atoms with Gasteiger partial charge in [-0.1, -0.05) is 18.7 Å². The summed E-state index contributed by atoms with van der Waals surface area (Å²) in [6, 6.07) is 0. The number of allylic oxidation sites excluding steroid dienone is 1. The third kappa shape index (κ3) is 1.77. The molecular weight excluding hydrogens is 300 g/mol. The Kier molecular flexibility index (Phi) is 3.62. The third-order valence-electron chi connectivity index (χ3n) is 5.61. The maximum atomic E-state index is 12.4. The SMILES string of the molecule is C=C1O[C@@]2(C)[C@@H](CCS)C(=O)N[C@@]12[C@@H](O)[C@]1(N)C=CCCC1. The van der Waals surface area contributed by atoms with E-state index >= 15 is 0 Å². The number of carbonyl (C=O) groups excluding carboxylic acids is 1. The summed E-state index contributed by atoms with van der Waals surface area (Å²) in [5.41, 5.74) is 3.72. The minimum atomic E-state index is -1.02. The molecule has 3 aliphatic rings. The summed E-state index contributed by atoms with van der Waals surface area (Å²) in [5, 5.41) is 14.1. The van der Waals surface area contributed by atoms with Gasteiger partial charge >= 0.3 is 0 Å². The molecule has 3 rings (SSSR count). The van der Waals surface area contributed by atoms with E-state index in [1.807, 2.05) is 19.1 Å². The Balaban J connectivity index is 2.00. The van der Waals surface area contributed by atoms with Crippen molar-refractivity contribution in [1.82, 2.24) is 5.32 Å². The van der Waals surface area contributed by atoms with Crippen LogP contribution < -0.4 is 11.1 Å². The summed E-state index contributed by atoms with van der Waals surface area (Å²) in [6.07, 6.45) is 6.01. The minimum Gasteiger partial charge on any atom is -0.486 e. The van der Waals surface area contributed by atoms with Crippen molar-refractivity contribution in [2.45, 2.75) is 55.4 Å². The van der Waals surface area contributed by atoms with Gasteiger partial charge in [0.15, 0.2) is 11.1 Å². The lowest BCUT2D eigenvalue weighted by Gasteiger charge is -2.59. The molecule has 6 heteroatoms. The number of rotatable bonds is 4. The third-order valence-corrected chi connectivity index (χ3v) is 5.86. The van der Waals surface area contributed by atoms with Crippen LogP contribution in [0.5, 0.6) is 0 Å². The number of aliphatic hydroxyl groups excluding tert-OH is 1. The summed E-state index contributed by atoms with van der Waals surface area (Å²) >= 11 is 4.23. The van der Waals surface area contributed by atoms with Crippen molar-refractivity contribution in [3.05, 3.63) is 24.5 Å². The van der Waals surface area contributed by atoms with Crippen molar-refractivity contribution in [1.29, 1.82) is 0 Å².